The number of aromatic nitrogens is 3. The minimum Gasteiger partial charge on any atom is -0.322 e. The molecule has 2 aromatic heterocycles. The number of rotatable bonds is 4. The third kappa shape index (κ3) is 3.41. The van der Waals surface area contributed by atoms with Crippen molar-refractivity contribution < 1.29 is 4.79 Å². The summed E-state index contributed by atoms with van der Waals surface area (Å²) < 4.78 is 2.01. The Bertz CT molecular complexity index is 1270. The summed E-state index contributed by atoms with van der Waals surface area (Å²) in [5.41, 5.74) is 5.32. The number of nitrogens with one attached hydrogen (secondary N) is 1. The van der Waals surface area contributed by atoms with Crippen molar-refractivity contribution in [1.29, 1.82) is 0 Å². The van der Waals surface area contributed by atoms with Crippen molar-refractivity contribution in [1.82, 2.24) is 14.5 Å². The van der Waals surface area contributed by atoms with Crippen LogP contribution in [-0.4, -0.2) is 20.4 Å². The first-order valence-corrected chi connectivity index (χ1v) is 10.00. The number of para-hydroxylation sites is 2. The SMILES string of the molecule is O=C(Nc1ccc(-c2nccs2)cc1)c1ccc(-n2cnc3ccccc32)cc1. The van der Waals surface area contributed by atoms with Crippen molar-refractivity contribution in [2.24, 2.45) is 0 Å². The van der Waals surface area contributed by atoms with Crippen LogP contribution in [0.15, 0.2) is 90.7 Å². The molecule has 0 saturated carbocycles. The maximum Gasteiger partial charge on any atom is 0.255 e. The fourth-order valence-corrected chi connectivity index (χ4v) is 3.85. The van der Waals surface area contributed by atoms with Gasteiger partial charge in [0.2, 0.25) is 0 Å². The number of carbonyl (C=O) groups is 1. The molecule has 0 fully saturated rings. The number of amides is 1. The van der Waals surface area contributed by atoms with Crippen molar-refractivity contribution in [3.05, 3.63) is 96.3 Å². The van der Waals surface area contributed by atoms with Gasteiger partial charge >= 0.3 is 0 Å². The Hall–Kier alpha value is -3.77. The van der Waals surface area contributed by atoms with E-state index in [-0.39, 0.29) is 5.91 Å². The van der Waals surface area contributed by atoms with E-state index < -0.39 is 0 Å². The van der Waals surface area contributed by atoms with Crippen LogP contribution >= 0.6 is 11.3 Å². The molecule has 5 aromatic rings. The van der Waals surface area contributed by atoms with Gasteiger partial charge in [-0.2, -0.15) is 0 Å². The Labute approximate surface area is 171 Å². The second-order valence-electron chi connectivity index (χ2n) is 6.52. The van der Waals surface area contributed by atoms with Gasteiger partial charge in [0, 0.05) is 34.1 Å². The number of imidazole rings is 1. The van der Waals surface area contributed by atoms with E-state index >= 15 is 0 Å². The zero-order chi connectivity index (χ0) is 19.6. The first kappa shape index (κ1) is 17.3. The first-order chi connectivity index (χ1) is 14.3. The van der Waals surface area contributed by atoms with E-state index in [1.807, 2.05) is 82.7 Å². The lowest BCUT2D eigenvalue weighted by Gasteiger charge is -2.08. The van der Waals surface area contributed by atoms with Crippen LogP contribution < -0.4 is 5.32 Å². The summed E-state index contributed by atoms with van der Waals surface area (Å²) in [7, 11) is 0. The lowest BCUT2D eigenvalue weighted by atomic mass is 10.1. The molecular weight excluding hydrogens is 380 g/mol. The van der Waals surface area contributed by atoms with E-state index in [9.17, 15) is 4.79 Å². The highest BCUT2D eigenvalue weighted by Crippen LogP contribution is 2.24. The molecule has 0 atom stereocenters. The molecular formula is C23H16N4OS. The van der Waals surface area contributed by atoms with E-state index in [2.05, 4.69) is 15.3 Å². The van der Waals surface area contributed by atoms with E-state index in [1.165, 1.54) is 0 Å². The molecule has 0 radical (unpaired) electrons. The van der Waals surface area contributed by atoms with E-state index in [1.54, 1.807) is 23.9 Å². The van der Waals surface area contributed by atoms with Gasteiger partial charge in [0.25, 0.3) is 5.91 Å². The summed E-state index contributed by atoms with van der Waals surface area (Å²) in [6.45, 7) is 0. The number of thiazole rings is 1. The summed E-state index contributed by atoms with van der Waals surface area (Å²) in [6, 6.07) is 23.2. The normalized spacial score (nSPS) is 10.9. The lowest BCUT2D eigenvalue weighted by molar-refractivity contribution is 0.102. The van der Waals surface area contributed by atoms with Gasteiger partial charge < -0.3 is 5.32 Å². The van der Waals surface area contributed by atoms with Crippen molar-refractivity contribution in [2.75, 3.05) is 5.32 Å². The number of hydrogen-bond donors (Lipinski definition) is 1. The van der Waals surface area contributed by atoms with Crippen LogP contribution in [0.5, 0.6) is 0 Å². The standard InChI is InChI=1S/C23H16N4OS/c28-22(26-18-9-5-17(6-10-18)23-24-13-14-29-23)16-7-11-19(12-8-16)27-15-25-20-3-1-2-4-21(20)27/h1-15H,(H,26,28). The minimum atomic E-state index is -0.144. The van der Waals surface area contributed by atoms with Crippen LogP contribution in [0.3, 0.4) is 0 Å². The maximum absolute atomic E-state index is 12.6. The number of carbonyl (C=O) groups excluding carboxylic acids is 1. The average molecular weight is 396 g/mol. The smallest absolute Gasteiger partial charge is 0.255 e. The lowest BCUT2D eigenvalue weighted by Crippen LogP contribution is -2.11. The summed E-state index contributed by atoms with van der Waals surface area (Å²) in [6.07, 6.45) is 3.58. The molecule has 0 unspecified atom stereocenters. The van der Waals surface area contributed by atoms with Crippen LogP contribution in [0.2, 0.25) is 0 Å². The predicted molar refractivity (Wildman–Crippen MR) is 117 cm³/mol. The van der Waals surface area contributed by atoms with Gasteiger partial charge in [0.05, 0.1) is 11.0 Å². The number of fused-ring (bicyclic) bond motifs is 1. The summed E-state index contributed by atoms with van der Waals surface area (Å²) >= 11 is 1.59. The van der Waals surface area contributed by atoms with Crippen molar-refractivity contribution in [3.63, 3.8) is 0 Å². The fourth-order valence-electron chi connectivity index (χ4n) is 3.20. The third-order valence-corrected chi connectivity index (χ3v) is 5.51. The molecule has 5 rings (SSSR count). The van der Waals surface area contributed by atoms with Gasteiger partial charge in [0.15, 0.2) is 0 Å². The molecule has 0 aliphatic rings. The van der Waals surface area contributed by atoms with Gasteiger partial charge in [-0.15, -0.1) is 11.3 Å². The topological polar surface area (TPSA) is 59.8 Å². The molecule has 1 amide bonds. The molecule has 0 saturated heterocycles. The minimum absolute atomic E-state index is 0.144. The molecule has 140 valence electrons. The van der Waals surface area contributed by atoms with Crippen LogP contribution in [-0.2, 0) is 0 Å². The molecule has 2 heterocycles. The van der Waals surface area contributed by atoms with Gasteiger partial charge in [0.1, 0.15) is 11.3 Å². The van der Waals surface area contributed by atoms with E-state index in [0.29, 0.717) is 5.56 Å². The predicted octanol–water partition coefficient (Wildman–Crippen LogP) is 5.40. The quantitative estimate of drug-likeness (QED) is 0.442. The third-order valence-electron chi connectivity index (χ3n) is 4.68. The molecule has 0 aliphatic heterocycles. The van der Waals surface area contributed by atoms with Gasteiger partial charge in [-0.25, -0.2) is 9.97 Å². The molecule has 3 aromatic carbocycles. The van der Waals surface area contributed by atoms with Crippen LogP contribution in [0.1, 0.15) is 10.4 Å². The van der Waals surface area contributed by atoms with E-state index in [0.717, 1.165) is 33.0 Å². The Morgan fingerprint density at radius 1 is 0.897 bits per heavy atom. The van der Waals surface area contributed by atoms with Gasteiger partial charge in [-0.05, 0) is 60.7 Å². The Kier molecular flexibility index (Phi) is 4.38. The van der Waals surface area contributed by atoms with Gasteiger partial charge in [-0.3, -0.25) is 9.36 Å². The molecule has 5 nitrogen and oxygen atoms in total. The van der Waals surface area contributed by atoms with Crippen molar-refractivity contribution in [3.8, 4) is 16.3 Å². The van der Waals surface area contributed by atoms with Crippen molar-refractivity contribution >= 4 is 34.0 Å². The van der Waals surface area contributed by atoms with Crippen molar-refractivity contribution in [2.45, 2.75) is 0 Å². The highest BCUT2D eigenvalue weighted by atomic mass is 32.1. The maximum atomic E-state index is 12.6. The number of nitrogens with zero attached hydrogens (tertiary/aromatic N) is 3. The Balaban J connectivity index is 1.33. The molecule has 1 N–H and O–H groups in total. The highest BCUT2D eigenvalue weighted by molar-refractivity contribution is 7.13. The van der Waals surface area contributed by atoms with Gasteiger partial charge in [-0.1, -0.05) is 12.1 Å². The number of benzene rings is 3. The Morgan fingerprint density at radius 2 is 1.69 bits per heavy atom. The number of hydrogen-bond acceptors (Lipinski definition) is 4. The summed E-state index contributed by atoms with van der Waals surface area (Å²) in [5, 5.41) is 5.85. The fraction of sp³-hybridized carbons (Fsp3) is 0. The highest BCUT2D eigenvalue weighted by Gasteiger charge is 2.09. The molecule has 0 bridgehead atoms. The van der Waals surface area contributed by atoms with E-state index in [4.69, 9.17) is 0 Å². The van der Waals surface area contributed by atoms with Crippen LogP contribution in [0.25, 0.3) is 27.3 Å². The molecule has 29 heavy (non-hydrogen) atoms. The largest absolute Gasteiger partial charge is 0.322 e. The summed E-state index contributed by atoms with van der Waals surface area (Å²) in [5.74, 6) is -0.144. The second-order valence-corrected chi connectivity index (χ2v) is 7.41. The zero-order valence-electron chi connectivity index (χ0n) is 15.3. The molecule has 0 aliphatic carbocycles. The Morgan fingerprint density at radius 3 is 2.45 bits per heavy atom. The molecule has 0 spiro atoms. The average Bonchev–Trinajstić information content (AvgIpc) is 3.45. The monoisotopic (exact) mass is 396 g/mol. The molecule has 6 heteroatoms. The first-order valence-electron chi connectivity index (χ1n) is 9.12. The second kappa shape index (κ2) is 7.33. The van der Waals surface area contributed by atoms with Crippen LogP contribution in [0.4, 0.5) is 5.69 Å². The number of anilines is 1. The summed E-state index contributed by atoms with van der Waals surface area (Å²) in [4.78, 5) is 21.3. The zero-order valence-corrected chi connectivity index (χ0v) is 16.1. The van der Waals surface area contributed by atoms with Crippen LogP contribution in [0, 0.1) is 0 Å².